The van der Waals surface area contributed by atoms with Crippen LogP contribution in [0.4, 0.5) is 0 Å². The first-order valence-electron chi connectivity index (χ1n) is 10.6. The molecule has 160 valence electrons. The fraction of sp³-hybridized carbons (Fsp3) is 0.773. The number of carbonyl (C=O) groups excluding carboxylic acids is 3. The average molecular weight is 406 g/mol. The molecule has 2 aliphatic carbocycles. The van der Waals surface area contributed by atoms with Crippen LogP contribution in [0.3, 0.4) is 0 Å². The summed E-state index contributed by atoms with van der Waals surface area (Å²) in [6.45, 7) is 11.0. The SMILES string of the molecule is CCC(C)C(=O)OC1C2=C(C)CC(OC(C)=O)C3C(C)C(=O)OC3C2C2(C)OC12. The van der Waals surface area contributed by atoms with Crippen molar-refractivity contribution in [2.75, 3.05) is 0 Å². The first-order chi connectivity index (χ1) is 13.6. The zero-order chi connectivity index (χ0) is 21.2. The molecule has 9 unspecified atom stereocenters. The Kier molecular flexibility index (Phi) is 4.80. The number of ether oxygens (including phenoxy) is 4. The quantitative estimate of drug-likeness (QED) is 0.307. The molecule has 7 heteroatoms. The maximum Gasteiger partial charge on any atom is 0.309 e. The molecule has 2 saturated heterocycles. The minimum atomic E-state index is -0.546. The van der Waals surface area contributed by atoms with Gasteiger partial charge in [-0.1, -0.05) is 26.3 Å². The molecule has 0 N–H and O–H groups in total. The molecule has 4 aliphatic rings. The first-order valence-corrected chi connectivity index (χ1v) is 10.6. The van der Waals surface area contributed by atoms with Gasteiger partial charge in [-0.15, -0.1) is 0 Å². The summed E-state index contributed by atoms with van der Waals surface area (Å²) in [4.78, 5) is 36.8. The van der Waals surface area contributed by atoms with E-state index in [9.17, 15) is 14.4 Å². The van der Waals surface area contributed by atoms with Crippen molar-refractivity contribution < 1.29 is 33.3 Å². The monoisotopic (exact) mass is 406 g/mol. The zero-order valence-electron chi connectivity index (χ0n) is 17.9. The maximum absolute atomic E-state index is 12.6. The number of fused-ring (bicyclic) bond motifs is 5. The zero-order valence-corrected chi connectivity index (χ0v) is 17.9. The van der Waals surface area contributed by atoms with Crippen molar-refractivity contribution in [3.8, 4) is 0 Å². The molecule has 0 aromatic rings. The summed E-state index contributed by atoms with van der Waals surface area (Å²) in [6.07, 6.45) is -0.443. The smallest absolute Gasteiger partial charge is 0.309 e. The minimum absolute atomic E-state index is 0.198. The molecule has 9 atom stereocenters. The van der Waals surface area contributed by atoms with Crippen LogP contribution in [0.1, 0.15) is 54.4 Å². The highest BCUT2D eigenvalue weighted by Gasteiger charge is 2.75. The van der Waals surface area contributed by atoms with Gasteiger partial charge in [0.25, 0.3) is 0 Å². The van der Waals surface area contributed by atoms with E-state index in [1.165, 1.54) is 6.92 Å². The lowest BCUT2D eigenvalue weighted by molar-refractivity contribution is -0.154. The van der Waals surface area contributed by atoms with Crippen molar-refractivity contribution in [1.82, 2.24) is 0 Å². The summed E-state index contributed by atoms with van der Waals surface area (Å²) in [5.41, 5.74) is 1.46. The molecule has 4 rings (SSSR count). The van der Waals surface area contributed by atoms with Gasteiger partial charge in [-0.25, -0.2) is 0 Å². The Bertz CT molecular complexity index is 786. The van der Waals surface area contributed by atoms with Crippen LogP contribution in [0.15, 0.2) is 11.1 Å². The van der Waals surface area contributed by atoms with E-state index in [1.807, 2.05) is 34.6 Å². The first kappa shape index (κ1) is 20.4. The normalized spacial score (nSPS) is 43.5. The van der Waals surface area contributed by atoms with Crippen LogP contribution in [-0.4, -0.2) is 47.9 Å². The number of epoxide rings is 1. The highest BCUT2D eigenvalue weighted by Crippen LogP contribution is 2.63. The van der Waals surface area contributed by atoms with Gasteiger partial charge in [-0.05, 0) is 25.8 Å². The largest absolute Gasteiger partial charge is 0.462 e. The third-order valence-corrected chi connectivity index (χ3v) is 7.34. The van der Waals surface area contributed by atoms with Gasteiger partial charge in [-0.2, -0.15) is 0 Å². The summed E-state index contributed by atoms with van der Waals surface area (Å²) in [5.74, 6) is -1.94. The van der Waals surface area contributed by atoms with Crippen molar-refractivity contribution in [3.63, 3.8) is 0 Å². The van der Waals surface area contributed by atoms with Gasteiger partial charge < -0.3 is 18.9 Å². The van der Waals surface area contributed by atoms with Gasteiger partial charge in [0.1, 0.15) is 23.9 Å². The second-order valence-electron chi connectivity index (χ2n) is 9.22. The fourth-order valence-electron chi connectivity index (χ4n) is 5.52. The second-order valence-corrected chi connectivity index (χ2v) is 9.22. The van der Waals surface area contributed by atoms with Crippen LogP contribution in [0.5, 0.6) is 0 Å². The Morgan fingerprint density at radius 3 is 2.62 bits per heavy atom. The summed E-state index contributed by atoms with van der Waals surface area (Å²) < 4.78 is 23.4. The molecule has 29 heavy (non-hydrogen) atoms. The highest BCUT2D eigenvalue weighted by molar-refractivity contribution is 5.76. The van der Waals surface area contributed by atoms with Gasteiger partial charge in [-0.3, -0.25) is 14.4 Å². The summed E-state index contributed by atoms with van der Waals surface area (Å²) >= 11 is 0. The summed E-state index contributed by atoms with van der Waals surface area (Å²) in [5, 5.41) is 0. The molecule has 1 saturated carbocycles. The minimum Gasteiger partial charge on any atom is -0.462 e. The molecular weight excluding hydrogens is 376 g/mol. The van der Waals surface area contributed by atoms with Crippen molar-refractivity contribution in [1.29, 1.82) is 0 Å². The Morgan fingerprint density at radius 1 is 1.31 bits per heavy atom. The van der Waals surface area contributed by atoms with E-state index in [2.05, 4.69) is 0 Å². The Hall–Kier alpha value is -1.89. The number of hydrogen-bond acceptors (Lipinski definition) is 7. The standard InChI is InChI=1S/C22H30O7/c1-7-9(2)20(24)28-18-14-10(3)8-13(26-12(5)23)15-11(4)21(25)27-17(15)16(14)22(6)19(18)29-22/h9,11,13,15-19H,7-8H2,1-6H3. The van der Waals surface area contributed by atoms with Crippen LogP contribution in [-0.2, 0) is 33.3 Å². The van der Waals surface area contributed by atoms with Crippen molar-refractivity contribution >= 4 is 17.9 Å². The van der Waals surface area contributed by atoms with E-state index in [0.717, 1.165) is 11.1 Å². The van der Waals surface area contributed by atoms with Gasteiger partial charge in [0.05, 0.1) is 17.8 Å². The fourth-order valence-corrected chi connectivity index (χ4v) is 5.52. The van der Waals surface area contributed by atoms with Crippen molar-refractivity contribution in [2.45, 2.75) is 84.4 Å². The van der Waals surface area contributed by atoms with Crippen LogP contribution in [0.2, 0.25) is 0 Å². The van der Waals surface area contributed by atoms with Crippen LogP contribution in [0, 0.1) is 23.7 Å². The lowest BCUT2D eigenvalue weighted by Crippen LogP contribution is -2.41. The molecule has 2 heterocycles. The molecule has 2 aliphatic heterocycles. The highest BCUT2D eigenvalue weighted by atomic mass is 16.7. The summed E-state index contributed by atoms with van der Waals surface area (Å²) in [6, 6.07) is 0. The molecule has 7 nitrogen and oxygen atoms in total. The molecule has 0 aromatic carbocycles. The Morgan fingerprint density at radius 2 is 2.00 bits per heavy atom. The molecule has 0 bridgehead atoms. The van der Waals surface area contributed by atoms with Crippen LogP contribution < -0.4 is 0 Å². The number of hydrogen-bond donors (Lipinski definition) is 0. The van der Waals surface area contributed by atoms with Crippen LogP contribution in [0.25, 0.3) is 0 Å². The summed E-state index contributed by atoms with van der Waals surface area (Å²) in [7, 11) is 0. The molecule has 0 aromatic heterocycles. The van der Waals surface area contributed by atoms with Gasteiger partial charge in [0, 0.05) is 19.3 Å². The molecule has 0 amide bonds. The van der Waals surface area contributed by atoms with E-state index < -0.39 is 23.9 Å². The van der Waals surface area contributed by atoms with E-state index in [0.29, 0.717) is 12.8 Å². The van der Waals surface area contributed by atoms with E-state index in [1.54, 1.807) is 0 Å². The van der Waals surface area contributed by atoms with Crippen LogP contribution >= 0.6 is 0 Å². The van der Waals surface area contributed by atoms with Crippen molar-refractivity contribution in [3.05, 3.63) is 11.1 Å². The molecule has 0 radical (unpaired) electrons. The Labute approximate surface area is 171 Å². The maximum atomic E-state index is 12.6. The average Bonchev–Trinajstić information content (AvgIpc) is 3.19. The second kappa shape index (κ2) is 6.83. The third kappa shape index (κ3) is 3.00. The Balaban J connectivity index is 1.74. The number of esters is 3. The predicted octanol–water partition coefficient (Wildman–Crippen LogP) is 2.56. The van der Waals surface area contributed by atoms with Gasteiger partial charge in [0.15, 0.2) is 6.10 Å². The van der Waals surface area contributed by atoms with E-state index in [-0.39, 0.29) is 47.7 Å². The number of carbonyl (C=O) groups is 3. The molecule has 0 spiro atoms. The van der Waals surface area contributed by atoms with E-state index >= 15 is 0 Å². The molecular formula is C22H30O7. The van der Waals surface area contributed by atoms with Crippen molar-refractivity contribution in [2.24, 2.45) is 23.7 Å². The van der Waals surface area contributed by atoms with E-state index in [4.69, 9.17) is 18.9 Å². The topological polar surface area (TPSA) is 91.4 Å². The lowest BCUT2D eigenvalue weighted by Gasteiger charge is -2.31. The number of rotatable bonds is 4. The predicted molar refractivity (Wildman–Crippen MR) is 102 cm³/mol. The van der Waals surface area contributed by atoms with Gasteiger partial charge >= 0.3 is 17.9 Å². The molecule has 3 fully saturated rings. The third-order valence-electron chi connectivity index (χ3n) is 7.34. The lowest BCUT2D eigenvalue weighted by atomic mass is 9.78. The van der Waals surface area contributed by atoms with Gasteiger partial charge in [0.2, 0.25) is 0 Å².